The zero-order valence-corrected chi connectivity index (χ0v) is 16.2. The minimum absolute atomic E-state index is 0.0295. The molecule has 11 nitrogen and oxygen atoms in total. The molecule has 2 atom stereocenters. The van der Waals surface area contributed by atoms with Gasteiger partial charge in [-0.3, -0.25) is 14.6 Å². The molecule has 6 rings (SSSR count). The summed E-state index contributed by atoms with van der Waals surface area (Å²) >= 11 is 0. The number of benzene rings is 2. The number of anilines is 1. The molecule has 12 heteroatoms. The van der Waals surface area contributed by atoms with E-state index in [4.69, 9.17) is 14.0 Å². The first-order valence-electron chi connectivity index (χ1n) is 9.62. The fraction of sp³-hybridized carbons (Fsp3) is 0.200. The van der Waals surface area contributed by atoms with Crippen LogP contribution >= 0.6 is 0 Å². The van der Waals surface area contributed by atoms with E-state index in [1.165, 1.54) is 23.2 Å². The highest BCUT2D eigenvalue weighted by Gasteiger charge is 2.55. The maximum Gasteiger partial charge on any atom is 0.263 e. The van der Waals surface area contributed by atoms with Crippen LogP contribution in [0.3, 0.4) is 0 Å². The molecule has 3 aliphatic heterocycles. The summed E-state index contributed by atoms with van der Waals surface area (Å²) in [6, 6.07) is 8.53. The Morgan fingerprint density at radius 2 is 1.94 bits per heavy atom. The average molecular weight is 436 g/mol. The SMILES string of the molecule is O=C1C2N=NN(Cc3nc(-c4ccc5c(c4)OCO5)no3)C2C(=O)N1c1cccc(F)c1. The zero-order valence-electron chi connectivity index (χ0n) is 16.2. The Hall–Kier alpha value is -4.35. The van der Waals surface area contributed by atoms with Gasteiger partial charge < -0.3 is 14.0 Å². The Balaban J connectivity index is 1.22. The molecule has 32 heavy (non-hydrogen) atoms. The molecule has 0 radical (unpaired) electrons. The number of nitrogens with zero attached hydrogens (tertiary/aromatic N) is 6. The van der Waals surface area contributed by atoms with E-state index in [2.05, 4.69) is 20.5 Å². The van der Waals surface area contributed by atoms with Crippen molar-refractivity contribution in [3.8, 4) is 22.9 Å². The monoisotopic (exact) mass is 436 g/mol. The van der Waals surface area contributed by atoms with Crippen LogP contribution < -0.4 is 14.4 Å². The smallest absolute Gasteiger partial charge is 0.263 e. The predicted octanol–water partition coefficient (Wildman–Crippen LogP) is 2.10. The molecule has 3 aliphatic rings. The number of fused-ring (bicyclic) bond motifs is 2. The molecule has 0 bridgehead atoms. The highest BCUT2D eigenvalue weighted by Crippen LogP contribution is 2.36. The molecule has 1 fully saturated rings. The van der Waals surface area contributed by atoms with Crippen LogP contribution in [0.15, 0.2) is 57.3 Å². The summed E-state index contributed by atoms with van der Waals surface area (Å²) in [7, 11) is 0. The molecule has 1 saturated heterocycles. The summed E-state index contributed by atoms with van der Waals surface area (Å²) in [6.45, 7) is 0.121. The van der Waals surface area contributed by atoms with Crippen molar-refractivity contribution in [2.75, 3.05) is 11.7 Å². The third-order valence-electron chi connectivity index (χ3n) is 5.32. The largest absolute Gasteiger partial charge is 0.454 e. The lowest BCUT2D eigenvalue weighted by Gasteiger charge is -2.19. The Morgan fingerprint density at radius 1 is 1.06 bits per heavy atom. The van der Waals surface area contributed by atoms with Crippen LogP contribution in [0.1, 0.15) is 5.89 Å². The van der Waals surface area contributed by atoms with E-state index in [1.54, 1.807) is 18.2 Å². The van der Waals surface area contributed by atoms with Crippen molar-refractivity contribution in [3.05, 3.63) is 54.2 Å². The number of carbonyl (C=O) groups is 2. The third-order valence-corrected chi connectivity index (χ3v) is 5.32. The average Bonchev–Trinajstić information content (AvgIpc) is 3.55. The van der Waals surface area contributed by atoms with Crippen molar-refractivity contribution >= 4 is 17.5 Å². The molecular weight excluding hydrogens is 423 g/mol. The van der Waals surface area contributed by atoms with Crippen LogP contribution in [0, 0.1) is 5.82 Å². The van der Waals surface area contributed by atoms with Gasteiger partial charge in [-0.15, -0.1) is 0 Å². The highest BCUT2D eigenvalue weighted by atomic mass is 19.1. The number of imide groups is 1. The first kappa shape index (κ1) is 18.4. The lowest BCUT2D eigenvalue weighted by Crippen LogP contribution is -2.39. The highest BCUT2D eigenvalue weighted by molar-refractivity contribution is 6.25. The summed E-state index contributed by atoms with van der Waals surface area (Å²) in [5, 5.41) is 13.2. The van der Waals surface area contributed by atoms with Crippen molar-refractivity contribution in [2.24, 2.45) is 10.3 Å². The Morgan fingerprint density at radius 3 is 2.81 bits per heavy atom. The van der Waals surface area contributed by atoms with Crippen LogP contribution in [-0.4, -0.2) is 45.8 Å². The molecule has 2 unspecified atom stereocenters. The molecule has 1 aromatic heterocycles. The van der Waals surface area contributed by atoms with Crippen molar-refractivity contribution in [2.45, 2.75) is 18.6 Å². The normalized spacial score (nSPS) is 21.0. The summed E-state index contributed by atoms with van der Waals surface area (Å²) in [6.07, 6.45) is 0. The number of aromatic nitrogens is 2. The number of hydrogen-bond acceptors (Lipinski definition) is 10. The van der Waals surface area contributed by atoms with Crippen molar-refractivity contribution in [3.63, 3.8) is 0 Å². The van der Waals surface area contributed by atoms with Crippen molar-refractivity contribution in [1.82, 2.24) is 15.1 Å². The second-order valence-corrected chi connectivity index (χ2v) is 7.26. The predicted molar refractivity (Wildman–Crippen MR) is 103 cm³/mol. The fourth-order valence-corrected chi connectivity index (χ4v) is 3.83. The van der Waals surface area contributed by atoms with Crippen LogP contribution in [0.4, 0.5) is 10.1 Å². The topological polar surface area (TPSA) is 123 Å². The molecule has 0 aliphatic carbocycles. The van der Waals surface area contributed by atoms with Gasteiger partial charge in [0.15, 0.2) is 23.6 Å². The van der Waals surface area contributed by atoms with E-state index in [0.717, 1.165) is 11.0 Å². The van der Waals surface area contributed by atoms with E-state index in [0.29, 0.717) is 22.9 Å². The Kier molecular flexibility index (Phi) is 3.93. The number of halogens is 1. The second-order valence-electron chi connectivity index (χ2n) is 7.26. The van der Waals surface area contributed by atoms with E-state index in [9.17, 15) is 14.0 Å². The van der Waals surface area contributed by atoms with Gasteiger partial charge >= 0.3 is 0 Å². The van der Waals surface area contributed by atoms with E-state index < -0.39 is 29.7 Å². The van der Waals surface area contributed by atoms with E-state index in [1.807, 2.05) is 0 Å². The lowest BCUT2D eigenvalue weighted by atomic mass is 10.1. The quantitative estimate of drug-likeness (QED) is 0.570. The molecule has 0 spiro atoms. The number of hydrogen-bond donors (Lipinski definition) is 0. The van der Waals surface area contributed by atoms with Crippen LogP contribution in [0.2, 0.25) is 0 Å². The Labute approximate surface area is 179 Å². The molecule has 4 heterocycles. The van der Waals surface area contributed by atoms with Gasteiger partial charge in [-0.1, -0.05) is 16.4 Å². The van der Waals surface area contributed by atoms with Gasteiger partial charge in [0.1, 0.15) is 12.4 Å². The summed E-state index contributed by atoms with van der Waals surface area (Å²) < 4.78 is 29.5. The van der Waals surface area contributed by atoms with Crippen LogP contribution in [0.25, 0.3) is 11.4 Å². The van der Waals surface area contributed by atoms with Gasteiger partial charge in [-0.2, -0.15) is 10.1 Å². The Bertz CT molecular complexity index is 1290. The maximum absolute atomic E-state index is 13.6. The minimum atomic E-state index is -1.01. The zero-order chi connectivity index (χ0) is 21.8. The molecule has 0 N–H and O–H groups in total. The van der Waals surface area contributed by atoms with Gasteiger partial charge in [0.2, 0.25) is 18.5 Å². The van der Waals surface area contributed by atoms with Crippen LogP contribution in [-0.2, 0) is 16.1 Å². The van der Waals surface area contributed by atoms with Crippen molar-refractivity contribution in [1.29, 1.82) is 0 Å². The molecule has 2 amide bonds. The first-order valence-corrected chi connectivity index (χ1v) is 9.62. The molecule has 0 saturated carbocycles. The van der Waals surface area contributed by atoms with Gasteiger partial charge in [-0.05, 0) is 36.4 Å². The van der Waals surface area contributed by atoms with E-state index in [-0.39, 0.29) is 24.9 Å². The van der Waals surface area contributed by atoms with Gasteiger partial charge in [0.25, 0.3) is 11.8 Å². The number of carbonyl (C=O) groups excluding carboxylic acids is 2. The molecule has 2 aromatic carbocycles. The fourth-order valence-electron chi connectivity index (χ4n) is 3.83. The van der Waals surface area contributed by atoms with Gasteiger partial charge in [-0.25, -0.2) is 9.29 Å². The maximum atomic E-state index is 13.6. The summed E-state index contributed by atoms with van der Waals surface area (Å²) in [4.78, 5) is 31.0. The first-order chi connectivity index (χ1) is 15.6. The lowest BCUT2D eigenvalue weighted by molar-refractivity contribution is -0.123. The van der Waals surface area contributed by atoms with Crippen LogP contribution in [0.5, 0.6) is 11.5 Å². The molecular formula is C20H13FN6O5. The van der Waals surface area contributed by atoms with Gasteiger partial charge in [0.05, 0.1) is 5.69 Å². The standard InChI is InChI=1S/C20H13FN6O5/c21-11-2-1-3-12(7-11)27-19(28)16-17(20(27)29)26(25-23-16)8-15-22-18(24-32-15)10-4-5-13-14(6-10)31-9-30-13/h1-7,16-17H,8-9H2. The number of rotatable bonds is 4. The molecule has 3 aromatic rings. The van der Waals surface area contributed by atoms with Gasteiger partial charge in [0, 0.05) is 5.56 Å². The molecule has 160 valence electrons. The third kappa shape index (κ3) is 2.80. The number of amides is 2. The number of ether oxygens (including phenoxy) is 2. The second kappa shape index (κ2) is 6.83. The summed E-state index contributed by atoms with van der Waals surface area (Å²) in [5.41, 5.74) is 0.807. The van der Waals surface area contributed by atoms with E-state index >= 15 is 0 Å². The minimum Gasteiger partial charge on any atom is -0.454 e. The summed E-state index contributed by atoms with van der Waals surface area (Å²) in [5.74, 6) is 0.0452. The van der Waals surface area contributed by atoms with Crippen molar-refractivity contribution < 1.29 is 28.0 Å².